The zero-order valence-corrected chi connectivity index (χ0v) is 15.1. The second kappa shape index (κ2) is 8.86. The number of urea groups is 1. The van der Waals surface area contributed by atoms with Crippen molar-refractivity contribution in [1.29, 1.82) is 0 Å². The van der Waals surface area contributed by atoms with Gasteiger partial charge < -0.3 is 25.0 Å². The summed E-state index contributed by atoms with van der Waals surface area (Å²) in [6.45, 7) is 5.13. The first-order chi connectivity index (χ1) is 12.7. The molecule has 142 valence electrons. The Balaban J connectivity index is 1.43. The van der Waals surface area contributed by atoms with Crippen LogP contribution >= 0.6 is 0 Å². The van der Waals surface area contributed by atoms with Crippen LogP contribution in [-0.4, -0.2) is 75.9 Å². The molecular weight excluding hydrogens is 336 g/mol. The van der Waals surface area contributed by atoms with E-state index in [0.717, 1.165) is 38.5 Å². The molecule has 2 fully saturated rings. The van der Waals surface area contributed by atoms with Crippen LogP contribution in [0.15, 0.2) is 24.3 Å². The van der Waals surface area contributed by atoms with Gasteiger partial charge in [0.15, 0.2) is 0 Å². The first kappa shape index (κ1) is 18.5. The summed E-state index contributed by atoms with van der Waals surface area (Å²) in [4.78, 5) is 28.3. The number of amides is 3. The highest BCUT2D eigenvalue weighted by Crippen LogP contribution is 2.25. The number of anilines is 1. The Labute approximate surface area is 153 Å². The van der Waals surface area contributed by atoms with Gasteiger partial charge in [0, 0.05) is 50.9 Å². The smallest absolute Gasteiger partial charge is 0.315 e. The van der Waals surface area contributed by atoms with Gasteiger partial charge in [0.25, 0.3) is 0 Å². The first-order valence-electron chi connectivity index (χ1n) is 8.94. The topological polar surface area (TPSA) is 83.1 Å². The molecule has 0 spiro atoms. The monoisotopic (exact) mass is 362 g/mol. The molecule has 3 rings (SSSR count). The van der Waals surface area contributed by atoms with Crippen LogP contribution in [0.3, 0.4) is 0 Å². The lowest BCUT2D eigenvalue weighted by atomic mass is 10.2. The molecule has 0 aromatic heterocycles. The minimum Gasteiger partial charge on any atom is -0.497 e. The predicted octanol–water partition coefficient (Wildman–Crippen LogP) is 0.432. The van der Waals surface area contributed by atoms with E-state index in [0.29, 0.717) is 25.3 Å². The quantitative estimate of drug-likeness (QED) is 0.767. The number of hydrogen-bond acceptors (Lipinski definition) is 5. The molecule has 2 N–H and O–H groups in total. The molecule has 0 radical (unpaired) electrons. The van der Waals surface area contributed by atoms with Crippen molar-refractivity contribution in [3.8, 4) is 5.75 Å². The third-order valence-corrected chi connectivity index (χ3v) is 4.64. The lowest BCUT2D eigenvalue weighted by Gasteiger charge is -2.26. The van der Waals surface area contributed by atoms with Gasteiger partial charge in [0.2, 0.25) is 5.91 Å². The highest BCUT2D eigenvalue weighted by Gasteiger charge is 2.31. The van der Waals surface area contributed by atoms with E-state index in [1.54, 1.807) is 12.0 Å². The van der Waals surface area contributed by atoms with Crippen LogP contribution in [0, 0.1) is 0 Å². The maximum absolute atomic E-state index is 12.3. The third kappa shape index (κ3) is 4.86. The Kier molecular flexibility index (Phi) is 6.30. The molecule has 0 aliphatic carbocycles. The summed E-state index contributed by atoms with van der Waals surface area (Å²) in [5, 5.41) is 5.75. The second-order valence-corrected chi connectivity index (χ2v) is 6.46. The number of carbonyl (C=O) groups is 2. The van der Waals surface area contributed by atoms with Crippen molar-refractivity contribution in [3.05, 3.63) is 24.3 Å². The van der Waals surface area contributed by atoms with Crippen molar-refractivity contribution in [2.75, 3.05) is 57.9 Å². The fraction of sp³-hybridized carbons (Fsp3) is 0.556. The molecule has 0 bridgehead atoms. The Morgan fingerprint density at radius 1 is 1.35 bits per heavy atom. The van der Waals surface area contributed by atoms with Gasteiger partial charge in [-0.05, 0) is 12.1 Å². The second-order valence-electron chi connectivity index (χ2n) is 6.46. The van der Waals surface area contributed by atoms with Gasteiger partial charge in [-0.2, -0.15) is 0 Å². The van der Waals surface area contributed by atoms with Gasteiger partial charge in [-0.15, -0.1) is 0 Å². The van der Waals surface area contributed by atoms with Gasteiger partial charge >= 0.3 is 6.03 Å². The van der Waals surface area contributed by atoms with Crippen LogP contribution in [0.4, 0.5) is 10.5 Å². The Morgan fingerprint density at radius 2 is 2.15 bits per heavy atom. The summed E-state index contributed by atoms with van der Waals surface area (Å²) >= 11 is 0. The van der Waals surface area contributed by atoms with E-state index in [4.69, 9.17) is 9.47 Å². The van der Waals surface area contributed by atoms with Crippen molar-refractivity contribution in [2.45, 2.75) is 12.5 Å². The standard InChI is InChI=1S/C18H26N4O4/c1-25-16-4-2-3-15(12-16)22-13-14(11-17(22)23)20-18(24)19-5-6-21-7-9-26-10-8-21/h2-4,12,14H,5-11,13H2,1H3,(H2,19,20,24)/t14-/m0/s1. The number of morpholine rings is 1. The largest absolute Gasteiger partial charge is 0.497 e. The van der Waals surface area contributed by atoms with Gasteiger partial charge in [-0.1, -0.05) is 6.07 Å². The molecule has 1 aromatic carbocycles. The molecule has 0 unspecified atom stereocenters. The molecular formula is C18H26N4O4. The molecule has 1 atom stereocenters. The Morgan fingerprint density at radius 3 is 2.92 bits per heavy atom. The zero-order chi connectivity index (χ0) is 18.4. The highest BCUT2D eigenvalue weighted by molar-refractivity contribution is 5.97. The van der Waals surface area contributed by atoms with Crippen molar-refractivity contribution in [2.24, 2.45) is 0 Å². The summed E-state index contributed by atoms with van der Waals surface area (Å²) in [5.41, 5.74) is 0.784. The summed E-state index contributed by atoms with van der Waals surface area (Å²) in [7, 11) is 1.59. The first-order valence-corrected chi connectivity index (χ1v) is 8.94. The Hall–Kier alpha value is -2.32. The molecule has 1 aromatic rings. The number of hydrogen-bond donors (Lipinski definition) is 2. The van der Waals surface area contributed by atoms with Crippen molar-refractivity contribution in [3.63, 3.8) is 0 Å². The normalized spacial score (nSPS) is 20.9. The van der Waals surface area contributed by atoms with Gasteiger partial charge in [0.05, 0.1) is 26.4 Å². The van der Waals surface area contributed by atoms with Crippen LogP contribution in [0.1, 0.15) is 6.42 Å². The number of ether oxygens (including phenoxy) is 2. The van der Waals surface area contributed by atoms with Crippen LogP contribution in [0.2, 0.25) is 0 Å². The molecule has 2 aliphatic rings. The SMILES string of the molecule is COc1cccc(N2C[C@@H](NC(=O)NCCN3CCOCC3)CC2=O)c1. The minimum absolute atomic E-state index is 0.00290. The average Bonchev–Trinajstić information content (AvgIpc) is 3.02. The fourth-order valence-corrected chi connectivity index (χ4v) is 3.22. The molecule has 8 heteroatoms. The number of benzene rings is 1. The molecule has 26 heavy (non-hydrogen) atoms. The lowest BCUT2D eigenvalue weighted by Crippen LogP contribution is -2.46. The third-order valence-electron chi connectivity index (χ3n) is 4.64. The van der Waals surface area contributed by atoms with E-state index < -0.39 is 0 Å². The van der Waals surface area contributed by atoms with E-state index in [-0.39, 0.29) is 18.0 Å². The van der Waals surface area contributed by atoms with E-state index in [1.807, 2.05) is 24.3 Å². The molecule has 8 nitrogen and oxygen atoms in total. The molecule has 2 aliphatic heterocycles. The highest BCUT2D eigenvalue weighted by atomic mass is 16.5. The summed E-state index contributed by atoms with van der Waals surface area (Å²) in [6, 6.07) is 6.94. The van der Waals surface area contributed by atoms with E-state index in [2.05, 4.69) is 15.5 Å². The van der Waals surface area contributed by atoms with Gasteiger partial charge in [-0.25, -0.2) is 4.79 Å². The summed E-state index contributed by atoms with van der Waals surface area (Å²) in [5.74, 6) is 0.699. The fourth-order valence-electron chi connectivity index (χ4n) is 3.22. The van der Waals surface area contributed by atoms with Crippen molar-refractivity contribution < 1.29 is 19.1 Å². The Bertz CT molecular complexity index is 633. The number of methoxy groups -OCH3 is 1. The summed E-state index contributed by atoms with van der Waals surface area (Å²) in [6.07, 6.45) is 0.300. The van der Waals surface area contributed by atoms with Crippen molar-refractivity contribution >= 4 is 17.6 Å². The van der Waals surface area contributed by atoms with Crippen molar-refractivity contribution in [1.82, 2.24) is 15.5 Å². The zero-order valence-electron chi connectivity index (χ0n) is 15.1. The summed E-state index contributed by atoms with van der Waals surface area (Å²) < 4.78 is 10.5. The predicted molar refractivity (Wildman–Crippen MR) is 97.5 cm³/mol. The average molecular weight is 362 g/mol. The minimum atomic E-state index is -0.233. The molecule has 0 saturated carbocycles. The van der Waals surface area contributed by atoms with Gasteiger partial charge in [-0.3, -0.25) is 9.69 Å². The number of carbonyl (C=O) groups excluding carboxylic acids is 2. The van der Waals surface area contributed by atoms with E-state index in [9.17, 15) is 9.59 Å². The van der Waals surface area contributed by atoms with Crippen LogP contribution in [-0.2, 0) is 9.53 Å². The van der Waals surface area contributed by atoms with Crippen LogP contribution in [0.25, 0.3) is 0 Å². The molecule has 3 amide bonds. The molecule has 2 heterocycles. The maximum Gasteiger partial charge on any atom is 0.315 e. The van der Waals surface area contributed by atoms with E-state index >= 15 is 0 Å². The maximum atomic E-state index is 12.3. The van der Waals surface area contributed by atoms with E-state index in [1.165, 1.54) is 0 Å². The van der Waals surface area contributed by atoms with Crippen LogP contribution in [0.5, 0.6) is 5.75 Å². The lowest BCUT2D eigenvalue weighted by molar-refractivity contribution is -0.117. The van der Waals surface area contributed by atoms with Crippen LogP contribution < -0.4 is 20.3 Å². The number of nitrogens with one attached hydrogen (secondary N) is 2. The molecule has 2 saturated heterocycles. The van der Waals surface area contributed by atoms with Gasteiger partial charge in [0.1, 0.15) is 5.75 Å². The number of rotatable bonds is 6. The number of nitrogens with zero attached hydrogens (tertiary/aromatic N) is 2.